The van der Waals surface area contributed by atoms with Crippen LogP contribution in [0.15, 0.2) is 23.2 Å². The zero-order valence-corrected chi connectivity index (χ0v) is 9.99. The van der Waals surface area contributed by atoms with Crippen molar-refractivity contribution in [3.63, 3.8) is 0 Å². The fourth-order valence-electron chi connectivity index (χ4n) is 1.00. The highest BCUT2D eigenvalue weighted by Crippen LogP contribution is 2.28. The Bertz CT molecular complexity index is 423. The lowest BCUT2D eigenvalue weighted by Gasteiger charge is -2.03. The van der Waals surface area contributed by atoms with Gasteiger partial charge >= 0.3 is 0 Å². The van der Waals surface area contributed by atoms with Crippen LogP contribution in [0.2, 0.25) is 5.02 Å². The molecule has 0 spiro atoms. The van der Waals surface area contributed by atoms with Gasteiger partial charge in [-0.1, -0.05) is 35.5 Å². The Hall–Kier alpha value is -1.18. The van der Waals surface area contributed by atoms with Crippen molar-refractivity contribution in [2.45, 2.75) is 6.92 Å². The van der Waals surface area contributed by atoms with E-state index in [0.29, 0.717) is 15.9 Å². The molecule has 1 aromatic carbocycles. The lowest BCUT2D eigenvalue weighted by atomic mass is 10.2. The first kappa shape index (κ1) is 11.9. The van der Waals surface area contributed by atoms with Crippen molar-refractivity contribution in [1.82, 2.24) is 5.32 Å². The SMILES string of the molecule is CSC(=Nc1cccc(C)c1Cl)NC#N. The second-order valence-corrected chi connectivity index (χ2v) is 3.94. The van der Waals surface area contributed by atoms with Crippen LogP contribution in [0.1, 0.15) is 5.56 Å². The standard InChI is InChI=1S/C10H10ClN3S/c1-7-4-3-5-8(9(7)11)14-10(15-2)13-6-12/h3-5H,1-2H3,(H,13,14). The van der Waals surface area contributed by atoms with Crippen LogP contribution in [0.5, 0.6) is 0 Å². The van der Waals surface area contributed by atoms with Crippen molar-refractivity contribution in [2.75, 3.05) is 6.26 Å². The Morgan fingerprint density at radius 3 is 2.93 bits per heavy atom. The Balaban J connectivity index is 3.07. The molecule has 78 valence electrons. The van der Waals surface area contributed by atoms with Crippen LogP contribution in [0.25, 0.3) is 0 Å². The number of aliphatic imine (C=N–C) groups is 1. The van der Waals surface area contributed by atoms with E-state index in [1.165, 1.54) is 11.8 Å². The molecule has 0 fully saturated rings. The van der Waals surface area contributed by atoms with Crippen LogP contribution in [0.4, 0.5) is 5.69 Å². The molecular formula is C10H10ClN3S. The summed E-state index contributed by atoms with van der Waals surface area (Å²) in [6.45, 7) is 1.91. The summed E-state index contributed by atoms with van der Waals surface area (Å²) in [6.07, 6.45) is 3.67. The summed E-state index contributed by atoms with van der Waals surface area (Å²) in [5, 5.41) is 12.1. The number of nitrogens with one attached hydrogen (secondary N) is 1. The quantitative estimate of drug-likeness (QED) is 0.355. The summed E-state index contributed by atoms with van der Waals surface area (Å²) in [6, 6.07) is 5.60. The molecule has 0 saturated heterocycles. The van der Waals surface area contributed by atoms with E-state index < -0.39 is 0 Å². The molecule has 1 aromatic rings. The van der Waals surface area contributed by atoms with Gasteiger partial charge in [0.2, 0.25) is 0 Å². The molecule has 1 N–H and O–H groups in total. The van der Waals surface area contributed by atoms with Crippen LogP contribution in [0, 0.1) is 18.4 Å². The first-order valence-electron chi connectivity index (χ1n) is 4.22. The van der Waals surface area contributed by atoms with Gasteiger partial charge in [0, 0.05) is 0 Å². The molecule has 3 nitrogen and oxygen atoms in total. The minimum Gasteiger partial charge on any atom is -0.271 e. The Morgan fingerprint density at radius 2 is 2.33 bits per heavy atom. The van der Waals surface area contributed by atoms with E-state index in [2.05, 4.69) is 10.3 Å². The molecule has 0 bridgehead atoms. The number of hydrogen-bond acceptors (Lipinski definition) is 3. The number of halogens is 1. The predicted octanol–water partition coefficient (Wildman–Crippen LogP) is 3.07. The largest absolute Gasteiger partial charge is 0.271 e. The fourth-order valence-corrected chi connectivity index (χ4v) is 1.51. The molecule has 0 saturated carbocycles. The second-order valence-electron chi connectivity index (χ2n) is 2.77. The molecule has 0 unspecified atom stereocenters. The Morgan fingerprint density at radius 1 is 1.60 bits per heavy atom. The number of rotatable bonds is 1. The maximum absolute atomic E-state index is 8.48. The van der Waals surface area contributed by atoms with Crippen molar-refractivity contribution >= 4 is 34.2 Å². The van der Waals surface area contributed by atoms with Gasteiger partial charge in [0.1, 0.15) is 0 Å². The van der Waals surface area contributed by atoms with E-state index in [1.54, 1.807) is 0 Å². The van der Waals surface area contributed by atoms with Gasteiger partial charge < -0.3 is 0 Å². The Kier molecular flexibility index (Phi) is 4.47. The summed E-state index contributed by atoms with van der Waals surface area (Å²) in [5.41, 5.74) is 1.64. The number of benzene rings is 1. The third-order valence-electron chi connectivity index (χ3n) is 1.75. The normalized spacial score (nSPS) is 10.9. The van der Waals surface area contributed by atoms with Crippen molar-refractivity contribution < 1.29 is 0 Å². The maximum atomic E-state index is 8.48. The second kappa shape index (κ2) is 5.64. The number of hydrogen-bond donors (Lipinski definition) is 1. The highest BCUT2D eigenvalue weighted by molar-refractivity contribution is 8.13. The van der Waals surface area contributed by atoms with E-state index in [-0.39, 0.29) is 0 Å². The molecule has 0 aliphatic heterocycles. The van der Waals surface area contributed by atoms with Crippen LogP contribution >= 0.6 is 23.4 Å². The van der Waals surface area contributed by atoms with Gasteiger partial charge in [0.25, 0.3) is 0 Å². The maximum Gasteiger partial charge on any atom is 0.183 e. The summed E-state index contributed by atoms with van der Waals surface area (Å²) >= 11 is 7.43. The molecule has 0 amide bonds. The number of thioether (sulfide) groups is 1. The minimum atomic E-state index is 0.532. The molecule has 0 atom stereocenters. The zero-order valence-electron chi connectivity index (χ0n) is 8.41. The lowest BCUT2D eigenvalue weighted by Crippen LogP contribution is -2.12. The Labute approximate surface area is 98.2 Å². The van der Waals surface area contributed by atoms with Gasteiger partial charge in [-0.2, -0.15) is 5.26 Å². The summed E-state index contributed by atoms with van der Waals surface area (Å²) in [5.74, 6) is 0. The third kappa shape index (κ3) is 3.15. The van der Waals surface area contributed by atoms with E-state index in [1.807, 2.05) is 37.6 Å². The van der Waals surface area contributed by atoms with Crippen LogP contribution in [0.3, 0.4) is 0 Å². The zero-order chi connectivity index (χ0) is 11.3. The molecule has 0 aliphatic carbocycles. The van der Waals surface area contributed by atoms with Gasteiger partial charge in [0.15, 0.2) is 11.4 Å². The summed E-state index contributed by atoms with van der Waals surface area (Å²) in [4.78, 5) is 4.24. The number of amidine groups is 1. The minimum absolute atomic E-state index is 0.532. The lowest BCUT2D eigenvalue weighted by molar-refractivity contribution is 1.28. The van der Waals surface area contributed by atoms with Crippen molar-refractivity contribution in [1.29, 1.82) is 5.26 Å². The smallest absolute Gasteiger partial charge is 0.183 e. The van der Waals surface area contributed by atoms with Crippen molar-refractivity contribution in [3.05, 3.63) is 28.8 Å². The topological polar surface area (TPSA) is 48.2 Å². The van der Waals surface area contributed by atoms with E-state index >= 15 is 0 Å². The van der Waals surface area contributed by atoms with Gasteiger partial charge in [-0.25, -0.2) is 4.99 Å². The van der Waals surface area contributed by atoms with E-state index in [4.69, 9.17) is 16.9 Å². The molecule has 0 radical (unpaired) electrons. The predicted molar refractivity (Wildman–Crippen MR) is 65.5 cm³/mol. The summed E-state index contributed by atoms with van der Waals surface area (Å²) in [7, 11) is 0. The molecule has 0 heterocycles. The molecule has 15 heavy (non-hydrogen) atoms. The third-order valence-corrected chi connectivity index (χ3v) is 2.82. The monoisotopic (exact) mass is 239 g/mol. The molecule has 5 heteroatoms. The van der Waals surface area contributed by atoms with E-state index in [0.717, 1.165) is 5.56 Å². The van der Waals surface area contributed by atoms with Crippen molar-refractivity contribution in [2.24, 2.45) is 4.99 Å². The first-order chi connectivity index (χ1) is 7.19. The van der Waals surface area contributed by atoms with Crippen molar-refractivity contribution in [3.8, 4) is 6.19 Å². The van der Waals surface area contributed by atoms with Gasteiger partial charge in [-0.05, 0) is 24.8 Å². The molecule has 0 aliphatic rings. The fraction of sp³-hybridized carbons (Fsp3) is 0.200. The molecular weight excluding hydrogens is 230 g/mol. The van der Waals surface area contributed by atoms with Gasteiger partial charge in [-0.15, -0.1) is 0 Å². The van der Waals surface area contributed by atoms with E-state index in [9.17, 15) is 0 Å². The van der Waals surface area contributed by atoms with Crippen LogP contribution in [-0.4, -0.2) is 11.4 Å². The van der Waals surface area contributed by atoms with Gasteiger partial charge in [-0.3, -0.25) is 5.32 Å². The van der Waals surface area contributed by atoms with Gasteiger partial charge in [0.05, 0.1) is 10.7 Å². The average Bonchev–Trinajstić information content (AvgIpc) is 2.24. The number of nitriles is 1. The highest BCUT2D eigenvalue weighted by Gasteiger charge is 2.03. The summed E-state index contributed by atoms with van der Waals surface area (Å²) < 4.78 is 0. The molecule has 0 aromatic heterocycles. The van der Waals surface area contributed by atoms with Crippen LogP contribution < -0.4 is 5.32 Å². The number of nitrogens with zero attached hydrogens (tertiary/aromatic N) is 2. The van der Waals surface area contributed by atoms with Crippen LogP contribution in [-0.2, 0) is 0 Å². The number of aryl methyl sites for hydroxylation is 1. The molecule has 1 rings (SSSR count). The first-order valence-corrected chi connectivity index (χ1v) is 5.82. The average molecular weight is 240 g/mol. The highest BCUT2D eigenvalue weighted by atomic mass is 35.5.